The van der Waals surface area contributed by atoms with Crippen LogP contribution in [0.4, 0.5) is 0 Å². The van der Waals surface area contributed by atoms with Crippen LogP contribution >= 0.6 is 0 Å². The summed E-state index contributed by atoms with van der Waals surface area (Å²) < 4.78 is 0. The monoisotopic (exact) mass is 244 g/mol. The van der Waals surface area contributed by atoms with Gasteiger partial charge in [0.15, 0.2) is 0 Å². The van der Waals surface area contributed by atoms with E-state index in [1.54, 1.807) is 4.90 Å². The fourth-order valence-electron chi connectivity index (χ4n) is 1.74. The van der Waals surface area contributed by atoms with Crippen LogP contribution in [-0.4, -0.2) is 48.7 Å². The minimum absolute atomic E-state index is 0.124. The molecule has 1 unspecified atom stereocenters. The quantitative estimate of drug-likeness (QED) is 0.641. The third-order valence-corrected chi connectivity index (χ3v) is 3.11. The summed E-state index contributed by atoms with van der Waals surface area (Å²) in [4.78, 5) is 13.4. The van der Waals surface area contributed by atoms with Gasteiger partial charge >= 0.3 is 0 Å². The molecule has 1 amide bonds. The van der Waals surface area contributed by atoms with E-state index in [0.29, 0.717) is 12.5 Å². The van der Waals surface area contributed by atoms with Crippen LogP contribution in [0.3, 0.4) is 0 Å². The van der Waals surface area contributed by atoms with Gasteiger partial charge < -0.3 is 15.3 Å². The van der Waals surface area contributed by atoms with Crippen molar-refractivity contribution in [1.29, 1.82) is 0 Å². The van der Waals surface area contributed by atoms with Crippen LogP contribution in [0, 0.1) is 5.92 Å². The fraction of sp³-hybridized carbons (Fsp3) is 0.923. The molecule has 0 spiro atoms. The second kappa shape index (κ2) is 9.42. The number of carbonyl (C=O) groups is 1. The minimum Gasteiger partial charge on any atom is -0.396 e. The molecular formula is C13H28N2O2. The van der Waals surface area contributed by atoms with Gasteiger partial charge in [-0.3, -0.25) is 4.79 Å². The van der Waals surface area contributed by atoms with Crippen molar-refractivity contribution in [1.82, 2.24) is 10.2 Å². The molecule has 0 fully saturated rings. The van der Waals surface area contributed by atoms with Crippen LogP contribution in [0.1, 0.15) is 40.0 Å². The summed E-state index contributed by atoms with van der Waals surface area (Å²) in [7, 11) is 1.83. The van der Waals surface area contributed by atoms with Crippen molar-refractivity contribution >= 4 is 5.91 Å². The predicted molar refractivity (Wildman–Crippen MR) is 70.9 cm³/mol. The molecule has 0 aliphatic carbocycles. The molecule has 0 heterocycles. The van der Waals surface area contributed by atoms with Gasteiger partial charge in [-0.2, -0.15) is 0 Å². The number of hydrogen-bond acceptors (Lipinski definition) is 3. The fourth-order valence-corrected chi connectivity index (χ4v) is 1.74. The number of rotatable bonds is 9. The molecule has 1 atom stereocenters. The summed E-state index contributed by atoms with van der Waals surface area (Å²) in [5.41, 5.74) is 0. The maximum absolute atomic E-state index is 11.7. The first kappa shape index (κ1) is 16.4. The summed E-state index contributed by atoms with van der Waals surface area (Å²) in [6.07, 6.45) is 3.03. The van der Waals surface area contributed by atoms with E-state index in [9.17, 15) is 4.79 Å². The van der Waals surface area contributed by atoms with Crippen molar-refractivity contribution < 1.29 is 9.90 Å². The van der Waals surface area contributed by atoms with E-state index in [0.717, 1.165) is 25.8 Å². The predicted octanol–water partition coefficient (Wildman–Crippen LogP) is 1.24. The van der Waals surface area contributed by atoms with Crippen molar-refractivity contribution in [2.24, 2.45) is 5.92 Å². The lowest BCUT2D eigenvalue weighted by Gasteiger charge is -2.22. The zero-order chi connectivity index (χ0) is 13.3. The molecule has 0 saturated heterocycles. The zero-order valence-electron chi connectivity index (χ0n) is 11.7. The molecule has 4 heteroatoms. The van der Waals surface area contributed by atoms with E-state index < -0.39 is 0 Å². The van der Waals surface area contributed by atoms with Gasteiger partial charge in [-0.15, -0.1) is 0 Å². The molecule has 2 N–H and O–H groups in total. The van der Waals surface area contributed by atoms with Gasteiger partial charge in [-0.1, -0.05) is 13.3 Å². The van der Waals surface area contributed by atoms with Gasteiger partial charge in [0, 0.05) is 19.7 Å². The number of likely N-dealkylation sites (N-methyl/N-ethyl adjacent to an activating group) is 1. The molecule has 0 aromatic carbocycles. The van der Waals surface area contributed by atoms with Gasteiger partial charge in [0.2, 0.25) is 5.91 Å². The molecule has 0 aliphatic rings. The number of nitrogens with zero attached hydrogens (tertiary/aromatic N) is 1. The molecule has 0 radical (unpaired) electrons. The van der Waals surface area contributed by atoms with Crippen molar-refractivity contribution in [3.05, 3.63) is 0 Å². The van der Waals surface area contributed by atoms with Gasteiger partial charge in [0.05, 0.1) is 6.54 Å². The van der Waals surface area contributed by atoms with E-state index in [1.165, 1.54) is 0 Å². The molecule has 0 aliphatic heterocycles. The lowest BCUT2D eigenvalue weighted by atomic mass is 10.0. The highest BCUT2D eigenvalue weighted by molar-refractivity contribution is 5.78. The molecule has 0 rings (SSSR count). The van der Waals surface area contributed by atoms with Crippen LogP contribution in [0.25, 0.3) is 0 Å². The number of aliphatic hydroxyl groups is 1. The first-order valence-electron chi connectivity index (χ1n) is 6.60. The summed E-state index contributed by atoms with van der Waals surface area (Å²) >= 11 is 0. The average Bonchev–Trinajstić information content (AvgIpc) is 2.28. The number of hydrogen-bond donors (Lipinski definition) is 2. The number of aliphatic hydroxyl groups excluding tert-OH is 1. The molecule has 102 valence electrons. The molecule has 0 aromatic rings. The Hall–Kier alpha value is -0.610. The Bertz CT molecular complexity index is 202. The zero-order valence-corrected chi connectivity index (χ0v) is 11.7. The largest absolute Gasteiger partial charge is 0.396 e. The Morgan fingerprint density at radius 1 is 1.35 bits per heavy atom. The Labute approximate surface area is 105 Å². The maximum atomic E-state index is 11.7. The molecule has 4 nitrogen and oxygen atoms in total. The van der Waals surface area contributed by atoms with Crippen LogP contribution in [0.2, 0.25) is 0 Å². The van der Waals surface area contributed by atoms with Crippen molar-refractivity contribution in [2.75, 3.05) is 26.7 Å². The second-order valence-electron chi connectivity index (χ2n) is 4.90. The Morgan fingerprint density at radius 2 is 2.00 bits per heavy atom. The summed E-state index contributed by atoms with van der Waals surface area (Å²) in [5, 5.41) is 12.1. The van der Waals surface area contributed by atoms with Crippen molar-refractivity contribution in [3.8, 4) is 0 Å². The third-order valence-electron chi connectivity index (χ3n) is 3.11. The van der Waals surface area contributed by atoms with Crippen LogP contribution in [0.5, 0.6) is 0 Å². The molecule has 0 bridgehead atoms. The SMILES string of the molecule is CCCC(CCO)CNCC(=O)N(C)C(C)C. The average molecular weight is 244 g/mol. The van der Waals surface area contributed by atoms with E-state index in [1.807, 2.05) is 20.9 Å². The highest BCUT2D eigenvalue weighted by Gasteiger charge is 2.12. The van der Waals surface area contributed by atoms with Crippen molar-refractivity contribution in [2.45, 2.75) is 46.1 Å². The number of carbonyl (C=O) groups excluding carboxylic acids is 1. The summed E-state index contributed by atoms with van der Waals surface area (Å²) in [6.45, 7) is 7.58. The van der Waals surface area contributed by atoms with E-state index in [2.05, 4.69) is 12.2 Å². The summed E-state index contributed by atoms with van der Waals surface area (Å²) in [6, 6.07) is 0.244. The molecule has 0 aromatic heterocycles. The molecular weight excluding hydrogens is 216 g/mol. The topological polar surface area (TPSA) is 52.6 Å². The summed E-state index contributed by atoms with van der Waals surface area (Å²) in [5.74, 6) is 0.599. The highest BCUT2D eigenvalue weighted by atomic mass is 16.3. The standard InChI is InChI=1S/C13H28N2O2/c1-5-6-12(7-8-16)9-14-10-13(17)15(4)11(2)3/h11-12,14,16H,5-10H2,1-4H3. The van der Waals surface area contributed by atoms with Crippen LogP contribution < -0.4 is 5.32 Å². The maximum Gasteiger partial charge on any atom is 0.236 e. The van der Waals surface area contributed by atoms with Gasteiger partial charge in [-0.25, -0.2) is 0 Å². The van der Waals surface area contributed by atoms with Gasteiger partial charge in [0.25, 0.3) is 0 Å². The molecule has 0 saturated carbocycles. The van der Waals surface area contributed by atoms with E-state index in [-0.39, 0.29) is 18.6 Å². The van der Waals surface area contributed by atoms with E-state index >= 15 is 0 Å². The Kier molecular flexibility index (Phi) is 9.09. The normalized spacial score (nSPS) is 12.8. The number of amides is 1. The molecule has 17 heavy (non-hydrogen) atoms. The van der Waals surface area contributed by atoms with Gasteiger partial charge in [0.1, 0.15) is 0 Å². The van der Waals surface area contributed by atoms with E-state index in [4.69, 9.17) is 5.11 Å². The second-order valence-corrected chi connectivity index (χ2v) is 4.90. The van der Waals surface area contributed by atoms with Crippen LogP contribution in [-0.2, 0) is 4.79 Å². The van der Waals surface area contributed by atoms with Crippen LogP contribution in [0.15, 0.2) is 0 Å². The lowest BCUT2D eigenvalue weighted by Crippen LogP contribution is -2.40. The number of nitrogens with one attached hydrogen (secondary N) is 1. The first-order chi connectivity index (χ1) is 8.02. The minimum atomic E-state index is 0.124. The smallest absolute Gasteiger partial charge is 0.236 e. The third kappa shape index (κ3) is 7.34. The lowest BCUT2D eigenvalue weighted by molar-refractivity contribution is -0.130. The Balaban J connectivity index is 3.83. The Morgan fingerprint density at radius 3 is 2.47 bits per heavy atom. The van der Waals surface area contributed by atoms with Gasteiger partial charge in [-0.05, 0) is 39.2 Å². The first-order valence-corrected chi connectivity index (χ1v) is 6.60. The van der Waals surface area contributed by atoms with Crippen molar-refractivity contribution in [3.63, 3.8) is 0 Å². The highest BCUT2D eigenvalue weighted by Crippen LogP contribution is 2.09.